The van der Waals surface area contributed by atoms with E-state index in [1.165, 1.54) is 6.26 Å². The van der Waals surface area contributed by atoms with E-state index in [0.29, 0.717) is 12.4 Å². The summed E-state index contributed by atoms with van der Waals surface area (Å²) in [6, 6.07) is 1.71. The van der Waals surface area contributed by atoms with Gasteiger partial charge in [-0.25, -0.2) is 0 Å². The number of halogens is 1. The van der Waals surface area contributed by atoms with Gasteiger partial charge in [0.05, 0.1) is 12.4 Å². The molecule has 1 aromatic heterocycles. The van der Waals surface area contributed by atoms with Crippen LogP contribution in [0.5, 0.6) is 0 Å². The van der Waals surface area contributed by atoms with Crippen molar-refractivity contribution < 1.29 is 9.32 Å². The lowest BCUT2D eigenvalue weighted by Crippen LogP contribution is -2.30. The van der Waals surface area contributed by atoms with E-state index in [4.69, 9.17) is 11.6 Å². The highest BCUT2D eigenvalue weighted by molar-refractivity contribution is 6.28. The molecule has 0 bridgehead atoms. The monoisotopic (exact) mass is 202 g/mol. The summed E-state index contributed by atoms with van der Waals surface area (Å²) in [7, 11) is 0. The van der Waals surface area contributed by atoms with Crippen molar-refractivity contribution in [1.82, 2.24) is 5.16 Å². The number of aromatic nitrogens is 1. The highest BCUT2D eigenvalue weighted by Crippen LogP contribution is 2.09. The average Bonchev–Trinajstić information content (AvgIpc) is 2.66. The fourth-order valence-corrected chi connectivity index (χ4v) is 1.06. The molecule has 0 saturated heterocycles. The molecule has 0 atom stereocenters. The molecule has 1 aromatic rings. The van der Waals surface area contributed by atoms with Crippen LogP contribution < -0.4 is 4.90 Å². The quantitative estimate of drug-likeness (QED) is 0.676. The molecule has 0 aliphatic heterocycles. The topological polar surface area (TPSA) is 46.3 Å². The van der Waals surface area contributed by atoms with Gasteiger partial charge in [0.15, 0.2) is 11.6 Å². The zero-order chi connectivity index (χ0) is 9.68. The van der Waals surface area contributed by atoms with E-state index in [1.54, 1.807) is 11.0 Å². The minimum atomic E-state index is -0.0217. The Bertz CT molecular complexity index is 261. The molecule has 0 N–H and O–H groups in total. The lowest BCUT2D eigenvalue weighted by Gasteiger charge is -2.17. The predicted molar refractivity (Wildman–Crippen MR) is 50.1 cm³/mol. The Hall–Kier alpha value is -1.03. The van der Waals surface area contributed by atoms with Crippen molar-refractivity contribution in [2.75, 3.05) is 23.9 Å². The van der Waals surface area contributed by atoms with Crippen molar-refractivity contribution in [3.8, 4) is 0 Å². The highest BCUT2D eigenvalue weighted by atomic mass is 35.5. The highest BCUT2D eigenvalue weighted by Gasteiger charge is 2.10. The number of Topliss-reactive ketones (excluding diaryl/α,β-unsaturated/α-hetero) is 1. The maximum atomic E-state index is 11.0. The number of ketones is 1. The Morgan fingerprint density at radius 2 is 2.54 bits per heavy atom. The summed E-state index contributed by atoms with van der Waals surface area (Å²) in [4.78, 5) is 12.8. The molecule has 0 amide bonds. The number of rotatable bonds is 5. The lowest BCUT2D eigenvalue weighted by molar-refractivity contribution is -0.115. The van der Waals surface area contributed by atoms with Crippen LogP contribution >= 0.6 is 11.6 Å². The Morgan fingerprint density at radius 3 is 3.00 bits per heavy atom. The minimum Gasteiger partial charge on any atom is -0.363 e. The van der Waals surface area contributed by atoms with Gasteiger partial charge in [-0.3, -0.25) is 4.79 Å². The molecule has 0 spiro atoms. The van der Waals surface area contributed by atoms with Crippen LogP contribution in [0.25, 0.3) is 0 Å². The number of carbonyl (C=O) groups is 1. The SMILES string of the molecule is CCN(CC(=O)CCl)c1ccon1. The van der Waals surface area contributed by atoms with Gasteiger partial charge < -0.3 is 9.42 Å². The Balaban J connectivity index is 2.58. The first-order valence-electron chi connectivity index (χ1n) is 4.01. The number of carbonyl (C=O) groups excluding carboxylic acids is 1. The van der Waals surface area contributed by atoms with Crippen molar-refractivity contribution in [2.45, 2.75) is 6.92 Å². The number of anilines is 1. The van der Waals surface area contributed by atoms with E-state index >= 15 is 0 Å². The summed E-state index contributed by atoms with van der Waals surface area (Å²) in [6.45, 7) is 2.93. The number of hydrogen-bond donors (Lipinski definition) is 0. The van der Waals surface area contributed by atoms with E-state index < -0.39 is 0 Å². The van der Waals surface area contributed by atoms with E-state index in [-0.39, 0.29) is 18.2 Å². The summed E-state index contributed by atoms with van der Waals surface area (Å²) >= 11 is 5.39. The summed E-state index contributed by atoms with van der Waals surface area (Å²) in [5.41, 5.74) is 0. The maximum Gasteiger partial charge on any atom is 0.172 e. The third-order valence-corrected chi connectivity index (χ3v) is 1.94. The minimum absolute atomic E-state index is 0.0217. The van der Waals surface area contributed by atoms with Gasteiger partial charge in [0.2, 0.25) is 0 Å². The molecule has 0 aromatic carbocycles. The first-order chi connectivity index (χ1) is 6.27. The van der Waals surface area contributed by atoms with Crippen LogP contribution in [0.4, 0.5) is 5.82 Å². The van der Waals surface area contributed by atoms with Crippen LogP contribution in [0.15, 0.2) is 16.9 Å². The second kappa shape index (κ2) is 4.87. The van der Waals surface area contributed by atoms with Crippen molar-refractivity contribution in [1.29, 1.82) is 0 Å². The van der Waals surface area contributed by atoms with Crippen molar-refractivity contribution in [2.24, 2.45) is 0 Å². The van der Waals surface area contributed by atoms with Gasteiger partial charge in [-0.1, -0.05) is 5.16 Å². The van der Waals surface area contributed by atoms with Crippen LogP contribution in [0.3, 0.4) is 0 Å². The summed E-state index contributed by atoms with van der Waals surface area (Å²) in [6.07, 6.45) is 1.48. The van der Waals surface area contributed by atoms with Gasteiger partial charge in [0, 0.05) is 12.6 Å². The van der Waals surface area contributed by atoms with Gasteiger partial charge in [-0.05, 0) is 6.92 Å². The molecule has 0 aliphatic carbocycles. The molecule has 0 unspecified atom stereocenters. The molecule has 0 aliphatic rings. The molecule has 13 heavy (non-hydrogen) atoms. The van der Waals surface area contributed by atoms with Gasteiger partial charge in [-0.2, -0.15) is 0 Å². The number of alkyl halides is 1. The molecule has 72 valence electrons. The fraction of sp³-hybridized carbons (Fsp3) is 0.500. The third kappa shape index (κ3) is 2.73. The molecule has 1 rings (SSSR count). The second-order valence-electron chi connectivity index (χ2n) is 2.54. The molecule has 0 fully saturated rings. The van der Waals surface area contributed by atoms with Gasteiger partial charge in [-0.15, -0.1) is 11.6 Å². The molecule has 4 nitrogen and oxygen atoms in total. The number of nitrogens with zero attached hydrogens (tertiary/aromatic N) is 2. The molecule has 5 heteroatoms. The molecule has 1 heterocycles. The van der Waals surface area contributed by atoms with Gasteiger partial charge >= 0.3 is 0 Å². The third-order valence-electron chi connectivity index (χ3n) is 1.65. The first-order valence-corrected chi connectivity index (χ1v) is 4.54. The van der Waals surface area contributed by atoms with E-state index in [0.717, 1.165) is 0 Å². The van der Waals surface area contributed by atoms with E-state index in [2.05, 4.69) is 9.68 Å². The van der Waals surface area contributed by atoms with Crippen LogP contribution in [-0.2, 0) is 4.79 Å². The zero-order valence-electron chi connectivity index (χ0n) is 7.36. The smallest absolute Gasteiger partial charge is 0.172 e. The standard InChI is InChI=1S/C8H11ClN2O2/c1-2-11(6-7(12)5-9)8-3-4-13-10-8/h3-4H,2,5-6H2,1H3. The molecular weight excluding hydrogens is 192 g/mol. The lowest BCUT2D eigenvalue weighted by atomic mass is 10.4. The van der Waals surface area contributed by atoms with Gasteiger partial charge in [0.1, 0.15) is 6.26 Å². The average molecular weight is 203 g/mol. The van der Waals surface area contributed by atoms with Gasteiger partial charge in [0.25, 0.3) is 0 Å². The Kier molecular flexibility index (Phi) is 3.76. The number of likely N-dealkylation sites (N-methyl/N-ethyl adjacent to an activating group) is 1. The maximum absolute atomic E-state index is 11.0. The van der Waals surface area contributed by atoms with Crippen LogP contribution in [0.2, 0.25) is 0 Å². The Morgan fingerprint density at radius 1 is 1.77 bits per heavy atom. The number of hydrogen-bond acceptors (Lipinski definition) is 4. The van der Waals surface area contributed by atoms with E-state index in [1.807, 2.05) is 6.92 Å². The summed E-state index contributed by atoms with van der Waals surface area (Å²) < 4.78 is 4.68. The van der Waals surface area contributed by atoms with Crippen LogP contribution in [-0.4, -0.2) is 29.9 Å². The van der Waals surface area contributed by atoms with Crippen molar-refractivity contribution >= 4 is 23.2 Å². The normalized spacial score (nSPS) is 10.0. The predicted octanol–water partition coefficient (Wildman–Crippen LogP) is 1.31. The largest absolute Gasteiger partial charge is 0.363 e. The zero-order valence-corrected chi connectivity index (χ0v) is 8.12. The first kappa shape index (κ1) is 10.1. The Labute approximate surface area is 81.4 Å². The molecular formula is C8H11ClN2O2. The second-order valence-corrected chi connectivity index (χ2v) is 2.81. The molecule has 0 radical (unpaired) electrons. The van der Waals surface area contributed by atoms with Crippen LogP contribution in [0, 0.1) is 0 Å². The van der Waals surface area contributed by atoms with Crippen molar-refractivity contribution in [3.63, 3.8) is 0 Å². The van der Waals surface area contributed by atoms with Crippen LogP contribution in [0.1, 0.15) is 6.92 Å². The molecule has 0 saturated carbocycles. The van der Waals surface area contributed by atoms with Crippen molar-refractivity contribution in [3.05, 3.63) is 12.3 Å². The summed E-state index contributed by atoms with van der Waals surface area (Å²) in [5.74, 6) is 0.682. The summed E-state index contributed by atoms with van der Waals surface area (Å²) in [5, 5.41) is 3.73. The fourth-order valence-electron chi connectivity index (χ4n) is 0.979. The van der Waals surface area contributed by atoms with E-state index in [9.17, 15) is 4.79 Å².